The summed E-state index contributed by atoms with van der Waals surface area (Å²) in [4.78, 5) is 6.76. The number of aliphatic hydroxyl groups is 1. The molecule has 2 aromatic rings. The highest BCUT2D eigenvalue weighted by Gasteiger charge is 2.32. The maximum Gasteiger partial charge on any atom is 0.133 e. The van der Waals surface area contributed by atoms with Gasteiger partial charge in [0.25, 0.3) is 0 Å². The highest BCUT2D eigenvalue weighted by atomic mass is 35.5. The van der Waals surface area contributed by atoms with E-state index in [1.54, 1.807) is 6.07 Å². The fourth-order valence-electron chi connectivity index (χ4n) is 3.89. The van der Waals surface area contributed by atoms with Gasteiger partial charge in [-0.05, 0) is 54.5 Å². The van der Waals surface area contributed by atoms with E-state index in [2.05, 4.69) is 28.9 Å². The predicted molar refractivity (Wildman–Crippen MR) is 105 cm³/mol. The SMILES string of the molecule is CC(CN1C[C@@H](CCc2ccc(Cl)cc2)[C@@H](CO)C1)c1ccc(O)cn1. The molecule has 1 aromatic carbocycles. The summed E-state index contributed by atoms with van der Waals surface area (Å²) in [6.45, 7) is 5.28. The first kappa shape index (κ1) is 19.2. The van der Waals surface area contributed by atoms with Crippen molar-refractivity contribution in [3.05, 3.63) is 58.9 Å². The molecule has 2 heterocycles. The Morgan fingerprint density at radius 2 is 1.88 bits per heavy atom. The molecule has 140 valence electrons. The number of rotatable bonds is 7. The molecule has 1 aliphatic heterocycles. The number of aryl methyl sites for hydroxylation is 1. The number of nitrogens with zero attached hydrogens (tertiary/aromatic N) is 2. The zero-order valence-corrected chi connectivity index (χ0v) is 15.9. The van der Waals surface area contributed by atoms with E-state index < -0.39 is 0 Å². The van der Waals surface area contributed by atoms with Crippen molar-refractivity contribution in [3.8, 4) is 5.75 Å². The summed E-state index contributed by atoms with van der Waals surface area (Å²) in [5.41, 5.74) is 2.29. The van der Waals surface area contributed by atoms with Gasteiger partial charge in [-0.1, -0.05) is 30.7 Å². The molecule has 1 unspecified atom stereocenters. The number of halogens is 1. The van der Waals surface area contributed by atoms with Crippen molar-refractivity contribution < 1.29 is 10.2 Å². The topological polar surface area (TPSA) is 56.6 Å². The van der Waals surface area contributed by atoms with Gasteiger partial charge in [-0.3, -0.25) is 4.98 Å². The van der Waals surface area contributed by atoms with E-state index >= 15 is 0 Å². The van der Waals surface area contributed by atoms with Gasteiger partial charge in [-0.25, -0.2) is 0 Å². The molecular weight excluding hydrogens is 348 g/mol. The molecule has 3 rings (SSSR count). The van der Waals surface area contributed by atoms with Crippen molar-refractivity contribution >= 4 is 11.6 Å². The minimum atomic E-state index is 0.199. The summed E-state index contributed by atoms with van der Waals surface area (Å²) in [5, 5.41) is 19.9. The molecule has 1 aromatic heterocycles. The van der Waals surface area contributed by atoms with Gasteiger partial charge in [0.05, 0.1) is 6.20 Å². The molecule has 1 aliphatic rings. The van der Waals surface area contributed by atoms with Crippen LogP contribution in [0.2, 0.25) is 5.02 Å². The van der Waals surface area contributed by atoms with Crippen molar-refractivity contribution in [1.29, 1.82) is 0 Å². The fraction of sp³-hybridized carbons (Fsp3) is 0.476. The van der Waals surface area contributed by atoms with Crippen molar-refractivity contribution in [2.45, 2.75) is 25.7 Å². The summed E-state index contributed by atoms with van der Waals surface area (Å²) >= 11 is 5.95. The smallest absolute Gasteiger partial charge is 0.133 e. The average molecular weight is 375 g/mol. The van der Waals surface area contributed by atoms with Crippen LogP contribution in [0.3, 0.4) is 0 Å². The third-order valence-corrected chi connectivity index (χ3v) is 5.66. The van der Waals surface area contributed by atoms with Crippen molar-refractivity contribution in [2.75, 3.05) is 26.2 Å². The predicted octanol–water partition coefficient (Wildman–Crippen LogP) is 3.72. The molecule has 0 radical (unpaired) electrons. The number of benzene rings is 1. The number of hydrogen-bond donors (Lipinski definition) is 2. The Kier molecular flexibility index (Phi) is 6.52. The first-order valence-electron chi connectivity index (χ1n) is 9.27. The Balaban J connectivity index is 1.54. The van der Waals surface area contributed by atoms with Crippen LogP contribution in [0.25, 0.3) is 0 Å². The molecule has 26 heavy (non-hydrogen) atoms. The van der Waals surface area contributed by atoms with Crippen LogP contribution in [0.1, 0.15) is 30.5 Å². The lowest BCUT2D eigenvalue weighted by molar-refractivity contribution is 0.196. The van der Waals surface area contributed by atoms with E-state index in [1.807, 2.05) is 18.2 Å². The van der Waals surface area contributed by atoms with Crippen LogP contribution in [0.15, 0.2) is 42.6 Å². The van der Waals surface area contributed by atoms with Crippen LogP contribution < -0.4 is 0 Å². The minimum absolute atomic E-state index is 0.199. The van der Waals surface area contributed by atoms with Gasteiger partial charge in [0, 0.05) is 42.9 Å². The van der Waals surface area contributed by atoms with Crippen LogP contribution in [-0.4, -0.2) is 46.3 Å². The van der Waals surface area contributed by atoms with Crippen molar-refractivity contribution in [2.24, 2.45) is 11.8 Å². The van der Waals surface area contributed by atoms with Gasteiger partial charge in [-0.2, -0.15) is 0 Å². The number of aliphatic hydroxyl groups excluding tert-OH is 1. The molecule has 4 nitrogen and oxygen atoms in total. The Bertz CT molecular complexity index is 690. The van der Waals surface area contributed by atoms with E-state index in [1.165, 1.54) is 11.8 Å². The van der Waals surface area contributed by atoms with Gasteiger partial charge < -0.3 is 15.1 Å². The summed E-state index contributed by atoms with van der Waals surface area (Å²) in [7, 11) is 0. The Labute approximate surface area is 160 Å². The second-order valence-corrected chi connectivity index (χ2v) is 7.87. The molecule has 3 atom stereocenters. The maximum absolute atomic E-state index is 9.79. The highest BCUT2D eigenvalue weighted by Crippen LogP contribution is 2.29. The average Bonchev–Trinajstić information content (AvgIpc) is 3.03. The van der Waals surface area contributed by atoms with E-state index in [-0.39, 0.29) is 12.4 Å². The summed E-state index contributed by atoms with van der Waals surface area (Å²) in [6, 6.07) is 11.6. The van der Waals surface area contributed by atoms with Crippen LogP contribution in [-0.2, 0) is 6.42 Å². The highest BCUT2D eigenvalue weighted by molar-refractivity contribution is 6.30. The van der Waals surface area contributed by atoms with E-state index in [9.17, 15) is 10.2 Å². The van der Waals surface area contributed by atoms with Gasteiger partial charge in [0.1, 0.15) is 5.75 Å². The van der Waals surface area contributed by atoms with Gasteiger partial charge >= 0.3 is 0 Å². The molecule has 0 bridgehead atoms. The Morgan fingerprint density at radius 1 is 1.15 bits per heavy atom. The standard InChI is InChI=1S/C21H27ClN2O2/c1-15(21-9-8-20(26)10-23-21)11-24-12-17(18(13-24)14-25)5-2-16-3-6-19(22)7-4-16/h3-4,6-10,15,17-18,25-26H,2,5,11-14H2,1H3/t15?,17-,18-/m1/s1. The lowest BCUT2D eigenvalue weighted by Crippen LogP contribution is -2.26. The fourth-order valence-corrected chi connectivity index (χ4v) is 4.02. The van der Waals surface area contributed by atoms with Crippen LogP contribution in [0.5, 0.6) is 5.75 Å². The van der Waals surface area contributed by atoms with Gasteiger partial charge in [-0.15, -0.1) is 0 Å². The van der Waals surface area contributed by atoms with E-state index in [0.717, 1.165) is 43.2 Å². The molecule has 0 aliphatic carbocycles. The largest absolute Gasteiger partial charge is 0.506 e. The van der Waals surface area contributed by atoms with Crippen LogP contribution >= 0.6 is 11.6 Å². The van der Waals surface area contributed by atoms with Gasteiger partial charge in [0.15, 0.2) is 0 Å². The molecule has 0 saturated carbocycles. The van der Waals surface area contributed by atoms with Crippen LogP contribution in [0.4, 0.5) is 0 Å². The second-order valence-electron chi connectivity index (χ2n) is 7.43. The quantitative estimate of drug-likeness (QED) is 0.775. The number of hydrogen-bond acceptors (Lipinski definition) is 4. The van der Waals surface area contributed by atoms with Crippen molar-refractivity contribution in [1.82, 2.24) is 9.88 Å². The van der Waals surface area contributed by atoms with E-state index in [0.29, 0.717) is 17.8 Å². The Hall–Kier alpha value is -1.62. The monoisotopic (exact) mass is 374 g/mol. The summed E-state index contributed by atoms with van der Waals surface area (Å²) in [6.07, 6.45) is 3.59. The summed E-state index contributed by atoms with van der Waals surface area (Å²) < 4.78 is 0. The molecule has 0 spiro atoms. The first-order chi connectivity index (χ1) is 12.5. The van der Waals surface area contributed by atoms with Crippen molar-refractivity contribution in [3.63, 3.8) is 0 Å². The third kappa shape index (κ3) is 4.97. The normalized spacial score (nSPS) is 21.8. The van der Waals surface area contributed by atoms with Gasteiger partial charge in [0.2, 0.25) is 0 Å². The zero-order chi connectivity index (χ0) is 18.5. The molecule has 1 fully saturated rings. The second kappa shape index (κ2) is 8.85. The molecule has 0 amide bonds. The number of aromatic hydroxyl groups is 1. The van der Waals surface area contributed by atoms with Crippen LogP contribution in [0, 0.1) is 11.8 Å². The lowest BCUT2D eigenvalue weighted by atomic mass is 9.91. The lowest BCUT2D eigenvalue weighted by Gasteiger charge is -2.20. The number of likely N-dealkylation sites (tertiary alicyclic amines) is 1. The summed E-state index contributed by atoms with van der Waals surface area (Å²) in [5.74, 6) is 1.34. The molecular formula is C21H27ClN2O2. The number of aromatic nitrogens is 1. The Morgan fingerprint density at radius 3 is 2.54 bits per heavy atom. The molecule has 1 saturated heterocycles. The zero-order valence-electron chi connectivity index (χ0n) is 15.2. The molecule has 5 heteroatoms. The number of pyridine rings is 1. The molecule has 2 N–H and O–H groups in total. The first-order valence-corrected chi connectivity index (χ1v) is 9.65. The van der Waals surface area contributed by atoms with E-state index in [4.69, 9.17) is 11.6 Å². The third-order valence-electron chi connectivity index (χ3n) is 5.41. The minimum Gasteiger partial charge on any atom is -0.506 e. The maximum atomic E-state index is 9.79.